The Morgan fingerprint density at radius 3 is 2.58 bits per heavy atom. The van der Waals surface area contributed by atoms with E-state index in [2.05, 4.69) is 38.2 Å². The molecule has 1 fully saturated rings. The van der Waals surface area contributed by atoms with Crippen LogP contribution >= 0.6 is 11.3 Å². The van der Waals surface area contributed by atoms with E-state index in [1.54, 1.807) is 0 Å². The van der Waals surface area contributed by atoms with Crippen LogP contribution in [0.15, 0.2) is 60.0 Å². The summed E-state index contributed by atoms with van der Waals surface area (Å²) < 4.78 is 78.3. The third-order valence-corrected chi connectivity index (χ3v) is 9.33. The molecule has 52 heavy (non-hydrogen) atoms. The summed E-state index contributed by atoms with van der Waals surface area (Å²) in [6.07, 6.45) is 5.06. The van der Waals surface area contributed by atoms with E-state index in [1.807, 2.05) is 0 Å². The number of thiazole rings is 1. The number of alkyl halides is 3. The predicted molar refractivity (Wildman–Crippen MR) is 175 cm³/mol. The Morgan fingerprint density at radius 2 is 1.90 bits per heavy atom. The molecule has 0 spiro atoms. The highest BCUT2D eigenvalue weighted by molar-refractivity contribution is 7.87. The number of oxime groups is 1. The Balaban J connectivity index is 1.39. The van der Waals surface area contributed by atoms with Crippen LogP contribution in [0.5, 0.6) is 0 Å². The van der Waals surface area contributed by atoms with E-state index in [0.717, 1.165) is 11.3 Å². The van der Waals surface area contributed by atoms with Crippen molar-refractivity contribution in [2.24, 2.45) is 5.16 Å². The fraction of sp³-hybridized carbons (Fsp3) is 0.345. The van der Waals surface area contributed by atoms with Gasteiger partial charge in [0.15, 0.2) is 22.7 Å². The number of pyridine rings is 1. The molecule has 18 nitrogen and oxygen atoms in total. The lowest BCUT2D eigenvalue weighted by molar-refractivity contribution is -0.584. The molecular weight excluding hydrogens is 741 g/mol. The van der Waals surface area contributed by atoms with Crippen molar-refractivity contribution in [3.63, 3.8) is 0 Å². The van der Waals surface area contributed by atoms with E-state index < -0.39 is 51.6 Å². The second kappa shape index (κ2) is 15.0. The number of esters is 1. The standard InChI is InChI=1S/C29H29F3N8O10S2/c1-5-11-48-26(43)23-19(38-10-9-17-20(13-38)37(3)15-39(17)50-52(45,46)29(30,31)32)8-7-18-22(25(42)40(18)23)34-24(41)21(36-47-4)16-14-51-27(33-16)35-28(44)49-12-6-2/h5-6,9-10,13-14,18,22H,1-2,7-8,11-12,15H2,3-4H3,(H-,33,34,35,41,44)/p+1. The second-order valence-electron chi connectivity index (χ2n) is 10.9. The van der Waals surface area contributed by atoms with Crippen LogP contribution in [-0.2, 0) is 43.1 Å². The molecule has 2 aromatic rings. The molecule has 0 bridgehead atoms. The molecule has 0 radical (unpaired) electrons. The van der Waals surface area contributed by atoms with Crippen LogP contribution in [0.1, 0.15) is 18.5 Å². The molecule has 2 N–H and O–H groups in total. The molecule has 3 aliphatic rings. The Hall–Kier alpha value is -5.55. The van der Waals surface area contributed by atoms with Gasteiger partial charge in [-0.2, -0.15) is 26.2 Å². The number of carbonyl (C=O) groups excluding carboxylic acids is 4. The van der Waals surface area contributed by atoms with Crippen LogP contribution < -0.4 is 25.2 Å². The predicted octanol–water partition coefficient (Wildman–Crippen LogP) is 1.60. The Morgan fingerprint density at radius 1 is 1.19 bits per heavy atom. The van der Waals surface area contributed by atoms with Gasteiger partial charge < -0.3 is 24.5 Å². The summed E-state index contributed by atoms with van der Waals surface area (Å²) in [6.45, 7) is 6.35. The number of anilines is 3. The zero-order valence-corrected chi connectivity index (χ0v) is 28.9. The second-order valence-corrected chi connectivity index (χ2v) is 13.3. The van der Waals surface area contributed by atoms with Crippen molar-refractivity contribution in [1.82, 2.24) is 15.2 Å². The van der Waals surface area contributed by atoms with Gasteiger partial charge in [-0.3, -0.25) is 19.8 Å². The number of ether oxygens (including phenoxy) is 2. The van der Waals surface area contributed by atoms with Crippen LogP contribution in [0.3, 0.4) is 0 Å². The number of carbonyl (C=O) groups is 4. The summed E-state index contributed by atoms with van der Waals surface area (Å²) >= 11 is 0.967. The van der Waals surface area contributed by atoms with Crippen LogP contribution in [0.25, 0.3) is 5.70 Å². The summed E-state index contributed by atoms with van der Waals surface area (Å²) in [6, 6.07) is -0.532. The molecule has 3 aliphatic heterocycles. The van der Waals surface area contributed by atoms with Gasteiger partial charge in [0.1, 0.15) is 50.1 Å². The van der Waals surface area contributed by atoms with E-state index in [-0.39, 0.29) is 72.0 Å². The number of hydrogen-bond donors (Lipinski definition) is 2. The highest BCUT2D eigenvalue weighted by atomic mass is 32.2. The van der Waals surface area contributed by atoms with Crippen molar-refractivity contribution < 1.29 is 63.9 Å². The summed E-state index contributed by atoms with van der Waals surface area (Å²) in [4.78, 5) is 63.9. The van der Waals surface area contributed by atoms with E-state index in [0.29, 0.717) is 5.06 Å². The van der Waals surface area contributed by atoms with E-state index in [4.69, 9.17) is 14.3 Å². The normalized spacial score (nSPS) is 18.6. The zero-order chi connectivity index (χ0) is 38.0. The topological polar surface area (TPSA) is 202 Å². The average Bonchev–Trinajstić information content (AvgIpc) is 3.68. The van der Waals surface area contributed by atoms with Crippen molar-refractivity contribution in [3.8, 4) is 0 Å². The van der Waals surface area contributed by atoms with E-state index >= 15 is 0 Å². The maximum Gasteiger partial charge on any atom is 0.525 e. The van der Waals surface area contributed by atoms with Crippen molar-refractivity contribution in [1.29, 1.82) is 0 Å². The molecule has 2 unspecified atom stereocenters. The van der Waals surface area contributed by atoms with Gasteiger partial charge in [0.05, 0.1) is 6.04 Å². The molecule has 278 valence electrons. The maximum absolute atomic E-state index is 13.6. The monoisotopic (exact) mass is 771 g/mol. The van der Waals surface area contributed by atoms with Crippen LogP contribution in [0, 0.1) is 0 Å². The Bertz CT molecular complexity index is 1980. The molecule has 0 aliphatic carbocycles. The molecule has 5 rings (SSSR count). The van der Waals surface area contributed by atoms with Crippen LogP contribution in [-0.4, -0.2) is 99.5 Å². The number of allylic oxidation sites excluding steroid dienone is 1. The van der Waals surface area contributed by atoms with E-state index in [1.165, 1.54) is 64.5 Å². The number of nitrogens with one attached hydrogen (secondary N) is 2. The lowest BCUT2D eigenvalue weighted by Gasteiger charge is -2.49. The molecule has 0 aromatic carbocycles. The highest BCUT2D eigenvalue weighted by Crippen LogP contribution is 2.40. The molecule has 1 saturated heterocycles. The van der Waals surface area contributed by atoms with Gasteiger partial charge in [-0.15, -0.1) is 15.6 Å². The Labute approximate surface area is 297 Å². The summed E-state index contributed by atoms with van der Waals surface area (Å²) in [5, 5.41) is 10.8. The third-order valence-electron chi connectivity index (χ3n) is 7.63. The number of aromatic nitrogens is 2. The van der Waals surface area contributed by atoms with Gasteiger partial charge in [-0.1, -0.05) is 30.5 Å². The number of fused-ring (bicyclic) bond motifs is 2. The number of halogens is 3. The van der Waals surface area contributed by atoms with Gasteiger partial charge in [-0.25, -0.2) is 19.6 Å². The number of hydrogen-bond acceptors (Lipinski definition) is 15. The lowest BCUT2D eigenvalue weighted by Crippen LogP contribution is -2.72. The molecular formula is C29H30F3N8O10S2+. The first-order chi connectivity index (χ1) is 24.6. The van der Waals surface area contributed by atoms with Crippen molar-refractivity contribution in [3.05, 3.63) is 60.5 Å². The average molecular weight is 772 g/mol. The van der Waals surface area contributed by atoms with Crippen LogP contribution in [0.2, 0.25) is 0 Å². The minimum Gasteiger partial charge on any atom is -0.457 e. The number of rotatable bonds is 13. The number of β-lactam (4-membered cyclic amide) rings is 1. The number of amides is 3. The SMILES string of the molecule is C=CCOC(=O)Nc1nc(C(=NOC)C(=O)NC2C(=O)N3C(C(=O)OCC=C)=C([n+]4ccc5c(c4)N(C)CN5OS(=O)(=O)C(F)(F)F)CCC23)cs1. The van der Waals surface area contributed by atoms with Gasteiger partial charge >= 0.3 is 27.7 Å². The first kappa shape index (κ1) is 37.7. The molecule has 2 aromatic heterocycles. The van der Waals surface area contributed by atoms with Gasteiger partial charge in [0.2, 0.25) is 11.9 Å². The largest absolute Gasteiger partial charge is 0.525 e. The smallest absolute Gasteiger partial charge is 0.457 e. The summed E-state index contributed by atoms with van der Waals surface area (Å²) in [5.74, 6) is -2.40. The third kappa shape index (κ3) is 7.41. The maximum atomic E-state index is 13.6. The number of nitrogens with zero attached hydrogens (tertiary/aromatic N) is 6. The first-order valence-corrected chi connectivity index (χ1v) is 17.2. The molecule has 5 heterocycles. The molecule has 3 amide bonds. The van der Waals surface area contributed by atoms with Crippen molar-refractivity contribution in [2.45, 2.75) is 30.4 Å². The minimum atomic E-state index is -5.96. The van der Waals surface area contributed by atoms with Gasteiger partial charge in [0.25, 0.3) is 11.8 Å². The Kier molecular flexibility index (Phi) is 10.9. The first-order valence-electron chi connectivity index (χ1n) is 14.9. The van der Waals surface area contributed by atoms with Gasteiger partial charge in [-0.05, 0) is 6.42 Å². The lowest BCUT2D eigenvalue weighted by atomic mass is 9.85. The summed E-state index contributed by atoms with van der Waals surface area (Å²) in [7, 11) is -3.29. The molecule has 23 heteroatoms. The minimum absolute atomic E-state index is 0.0105. The fourth-order valence-corrected chi connectivity index (χ4v) is 6.54. The number of hydroxylamine groups is 1. The van der Waals surface area contributed by atoms with Gasteiger partial charge in [0, 0.05) is 24.9 Å². The molecule has 2 atom stereocenters. The van der Waals surface area contributed by atoms with Crippen LogP contribution in [0.4, 0.5) is 34.5 Å². The van der Waals surface area contributed by atoms with E-state index in [9.17, 15) is 40.8 Å². The van der Waals surface area contributed by atoms with Crippen molar-refractivity contribution in [2.75, 3.05) is 49.3 Å². The molecule has 0 saturated carbocycles. The zero-order valence-electron chi connectivity index (χ0n) is 27.3. The highest BCUT2D eigenvalue weighted by Gasteiger charge is 2.56. The fourth-order valence-electron chi connectivity index (χ4n) is 5.41. The van der Waals surface area contributed by atoms with Crippen molar-refractivity contribution >= 4 is 73.2 Å². The quantitative estimate of drug-likeness (QED) is 0.0566. The summed E-state index contributed by atoms with van der Waals surface area (Å²) in [5.41, 5.74) is -5.60.